The van der Waals surface area contributed by atoms with Crippen LogP contribution in [0.2, 0.25) is 0 Å². The number of rotatable bonds is 6. The Balaban J connectivity index is 1.74. The molecule has 2 aromatic rings. The van der Waals surface area contributed by atoms with Crippen LogP contribution < -0.4 is 5.73 Å². The molecule has 5 nitrogen and oxygen atoms in total. The van der Waals surface area contributed by atoms with Crippen molar-refractivity contribution in [2.75, 3.05) is 18.9 Å². The third kappa shape index (κ3) is 2.78. The molecule has 0 unspecified atom stereocenters. The first-order valence-electron chi connectivity index (χ1n) is 7.35. The molecule has 1 aliphatic carbocycles. The lowest BCUT2D eigenvalue weighted by Crippen LogP contribution is -2.40. The van der Waals surface area contributed by atoms with Crippen LogP contribution in [0.3, 0.4) is 0 Å². The van der Waals surface area contributed by atoms with E-state index in [9.17, 15) is 0 Å². The van der Waals surface area contributed by atoms with Crippen LogP contribution in [0.1, 0.15) is 31.5 Å². The number of aromatic nitrogens is 2. The fourth-order valence-corrected chi connectivity index (χ4v) is 2.76. The Hall–Kier alpha value is -1.59. The number of nitrogens with zero attached hydrogens (tertiary/aromatic N) is 2. The summed E-state index contributed by atoms with van der Waals surface area (Å²) in [7, 11) is 0. The van der Waals surface area contributed by atoms with Gasteiger partial charge in [0, 0.05) is 24.9 Å². The van der Waals surface area contributed by atoms with Crippen molar-refractivity contribution in [3.63, 3.8) is 0 Å². The molecule has 1 saturated carbocycles. The van der Waals surface area contributed by atoms with Crippen LogP contribution in [0.25, 0.3) is 11.0 Å². The molecule has 20 heavy (non-hydrogen) atoms. The number of nitrogens with two attached hydrogens (primary N) is 1. The Morgan fingerprint density at radius 1 is 1.40 bits per heavy atom. The number of imidazole rings is 1. The van der Waals surface area contributed by atoms with Crippen LogP contribution in [0.5, 0.6) is 0 Å². The zero-order valence-corrected chi connectivity index (χ0v) is 11.7. The van der Waals surface area contributed by atoms with Crippen molar-refractivity contribution in [2.24, 2.45) is 0 Å². The highest BCUT2D eigenvalue weighted by atomic mass is 16.3. The van der Waals surface area contributed by atoms with Crippen molar-refractivity contribution in [3.05, 3.63) is 24.0 Å². The monoisotopic (exact) mass is 274 g/mol. The maximum atomic E-state index is 9.03. The maximum Gasteiger partial charge on any atom is 0.121 e. The molecule has 4 N–H and O–H groups in total. The molecule has 0 atom stereocenters. The lowest BCUT2D eigenvalue weighted by molar-refractivity contribution is 0.107. The van der Waals surface area contributed by atoms with Gasteiger partial charge in [-0.15, -0.1) is 0 Å². The summed E-state index contributed by atoms with van der Waals surface area (Å²) in [5, 5.41) is 9.03. The van der Waals surface area contributed by atoms with Crippen molar-refractivity contribution in [3.8, 4) is 0 Å². The van der Waals surface area contributed by atoms with E-state index in [0.29, 0.717) is 6.04 Å². The van der Waals surface area contributed by atoms with Gasteiger partial charge in [0.05, 0.1) is 17.6 Å². The second-order valence-corrected chi connectivity index (χ2v) is 5.59. The predicted octanol–water partition coefficient (Wildman–Crippen LogP) is 1.88. The van der Waals surface area contributed by atoms with Crippen LogP contribution in [-0.2, 0) is 6.54 Å². The first-order chi connectivity index (χ1) is 9.76. The number of anilines is 1. The van der Waals surface area contributed by atoms with Crippen LogP contribution in [-0.4, -0.2) is 39.2 Å². The minimum atomic E-state index is 0.250. The van der Waals surface area contributed by atoms with Crippen LogP contribution in [0.15, 0.2) is 18.2 Å². The van der Waals surface area contributed by atoms with E-state index in [4.69, 9.17) is 10.8 Å². The van der Waals surface area contributed by atoms with E-state index in [1.54, 1.807) is 0 Å². The van der Waals surface area contributed by atoms with Crippen LogP contribution in [0, 0.1) is 0 Å². The number of aliphatic hydroxyl groups is 1. The number of aliphatic hydroxyl groups excluding tert-OH is 1. The molecule has 5 heteroatoms. The molecule has 108 valence electrons. The molecule has 1 heterocycles. The van der Waals surface area contributed by atoms with Gasteiger partial charge in [-0.3, -0.25) is 4.90 Å². The summed E-state index contributed by atoms with van der Waals surface area (Å²) in [5.74, 6) is 0.982. The van der Waals surface area contributed by atoms with E-state index < -0.39 is 0 Å². The Morgan fingerprint density at radius 2 is 2.25 bits per heavy atom. The van der Waals surface area contributed by atoms with E-state index in [-0.39, 0.29) is 6.61 Å². The number of hydrogen-bond donors (Lipinski definition) is 3. The maximum absolute atomic E-state index is 9.03. The Labute approximate surface area is 118 Å². The van der Waals surface area contributed by atoms with E-state index in [2.05, 4.69) is 14.9 Å². The largest absolute Gasteiger partial charge is 0.399 e. The molecule has 1 fully saturated rings. The fourth-order valence-electron chi connectivity index (χ4n) is 2.76. The lowest BCUT2D eigenvalue weighted by Gasteiger charge is -2.37. The molecule has 3 rings (SSSR count). The summed E-state index contributed by atoms with van der Waals surface area (Å²) in [4.78, 5) is 10.4. The molecule has 1 aromatic carbocycles. The number of nitrogen functional groups attached to an aromatic ring is 1. The average molecular weight is 274 g/mol. The van der Waals surface area contributed by atoms with E-state index in [0.717, 1.165) is 42.1 Å². The predicted molar refractivity (Wildman–Crippen MR) is 80.3 cm³/mol. The highest BCUT2D eigenvalue weighted by molar-refractivity contribution is 5.78. The SMILES string of the molecule is Nc1ccc2nc(CN(CCCO)C3CCC3)[nH]c2c1. The first kappa shape index (κ1) is 13.4. The lowest BCUT2D eigenvalue weighted by atomic mass is 9.91. The zero-order chi connectivity index (χ0) is 13.9. The van der Waals surface area contributed by atoms with Gasteiger partial charge in [-0.05, 0) is 37.5 Å². The summed E-state index contributed by atoms with van der Waals surface area (Å²) < 4.78 is 0. The number of H-pyrrole nitrogens is 1. The molecule has 0 aliphatic heterocycles. The summed E-state index contributed by atoms with van der Waals surface area (Å²) in [6.07, 6.45) is 4.66. The van der Waals surface area contributed by atoms with Gasteiger partial charge in [0.15, 0.2) is 0 Å². The minimum Gasteiger partial charge on any atom is -0.399 e. The Bertz CT molecular complexity index is 576. The van der Waals surface area contributed by atoms with Gasteiger partial charge in [0.25, 0.3) is 0 Å². The normalized spacial score (nSPS) is 15.9. The smallest absolute Gasteiger partial charge is 0.121 e. The van der Waals surface area contributed by atoms with Gasteiger partial charge in [-0.25, -0.2) is 4.98 Å². The average Bonchev–Trinajstić information content (AvgIpc) is 2.75. The van der Waals surface area contributed by atoms with Crippen molar-refractivity contribution in [2.45, 2.75) is 38.3 Å². The Morgan fingerprint density at radius 3 is 2.95 bits per heavy atom. The Kier molecular flexibility index (Phi) is 3.89. The molecule has 0 radical (unpaired) electrons. The fraction of sp³-hybridized carbons (Fsp3) is 0.533. The molecule has 0 bridgehead atoms. The van der Waals surface area contributed by atoms with Gasteiger partial charge in [-0.2, -0.15) is 0 Å². The number of hydrogen-bond acceptors (Lipinski definition) is 4. The van der Waals surface area contributed by atoms with Crippen molar-refractivity contribution >= 4 is 16.7 Å². The first-order valence-corrected chi connectivity index (χ1v) is 7.35. The highest BCUT2D eigenvalue weighted by Crippen LogP contribution is 2.26. The minimum absolute atomic E-state index is 0.250. The van der Waals surface area contributed by atoms with Gasteiger partial charge in [-0.1, -0.05) is 6.42 Å². The zero-order valence-electron chi connectivity index (χ0n) is 11.7. The van der Waals surface area contributed by atoms with Crippen molar-refractivity contribution < 1.29 is 5.11 Å². The highest BCUT2D eigenvalue weighted by Gasteiger charge is 2.25. The standard InChI is InChI=1S/C15H22N4O/c16-11-5-6-13-14(9-11)18-15(17-13)10-19(7-2-8-20)12-3-1-4-12/h5-6,9,12,20H,1-4,7-8,10,16H2,(H,17,18). The molecular weight excluding hydrogens is 252 g/mol. The second-order valence-electron chi connectivity index (χ2n) is 5.59. The van der Waals surface area contributed by atoms with Crippen molar-refractivity contribution in [1.82, 2.24) is 14.9 Å². The third-order valence-electron chi connectivity index (χ3n) is 4.10. The molecule has 0 amide bonds. The third-order valence-corrected chi connectivity index (χ3v) is 4.10. The summed E-state index contributed by atoms with van der Waals surface area (Å²) in [5.41, 5.74) is 8.51. The quantitative estimate of drug-likeness (QED) is 0.703. The number of fused-ring (bicyclic) bond motifs is 1. The summed E-state index contributed by atoms with van der Waals surface area (Å²) >= 11 is 0. The number of benzene rings is 1. The van der Waals surface area contributed by atoms with E-state index in [1.807, 2.05) is 18.2 Å². The summed E-state index contributed by atoms with van der Waals surface area (Å²) in [6.45, 7) is 2.00. The number of nitrogens with one attached hydrogen (secondary N) is 1. The van der Waals surface area contributed by atoms with Gasteiger partial charge in [0.1, 0.15) is 5.82 Å². The van der Waals surface area contributed by atoms with Gasteiger partial charge >= 0.3 is 0 Å². The van der Waals surface area contributed by atoms with E-state index >= 15 is 0 Å². The van der Waals surface area contributed by atoms with Crippen LogP contribution >= 0.6 is 0 Å². The topological polar surface area (TPSA) is 78.2 Å². The molecule has 0 saturated heterocycles. The van der Waals surface area contributed by atoms with Crippen molar-refractivity contribution in [1.29, 1.82) is 0 Å². The van der Waals surface area contributed by atoms with E-state index in [1.165, 1.54) is 19.3 Å². The molecular formula is C15H22N4O. The van der Waals surface area contributed by atoms with Gasteiger partial charge in [0.2, 0.25) is 0 Å². The second kappa shape index (κ2) is 5.81. The molecule has 0 spiro atoms. The molecule has 1 aliphatic rings. The number of aromatic amines is 1. The molecule has 1 aromatic heterocycles. The van der Waals surface area contributed by atoms with Gasteiger partial charge < -0.3 is 15.8 Å². The van der Waals surface area contributed by atoms with Crippen LogP contribution in [0.4, 0.5) is 5.69 Å². The summed E-state index contributed by atoms with van der Waals surface area (Å²) in [6, 6.07) is 6.40.